The molecule has 0 aliphatic rings. The third kappa shape index (κ3) is 4.54. The normalized spacial score (nSPS) is 11.5. The minimum Gasteiger partial charge on any atom is -0.306 e. The molecule has 0 aliphatic carbocycles. The first-order chi connectivity index (χ1) is 12.5. The number of carbonyl (C=O) groups is 1. The number of rotatable bonds is 7. The van der Waals surface area contributed by atoms with Crippen molar-refractivity contribution in [1.29, 1.82) is 0 Å². The molecular formula is C19H21N5O2. The highest BCUT2D eigenvalue weighted by Crippen LogP contribution is 2.15. The van der Waals surface area contributed by atoms with Crippen LogP contribution in [0.15, 0.2) is 66.0 Å². The Kier molecular flexibility index (Phi) is 6.21. The van der Waals surface area contributed by atoms with Crippen molar-refractivity contribution < 1.29 is 4.79 Å². The summed E-state index contributed by atoms with van der Waals surface area (Å²) in [5.74, 6) is 0.279. The summed E-state index contributed by atoms with van der Waals surface area (Å²) in [7, 11) is 0. The maximum absolute atomic E-state index is 12.5. The lowest BCUT2D eigenvalue weighted by molar-refractivity contribution is -0.112. The Balaban J connectivity index is 2.39. The molecule has 1 amide bonds. The van der Waals surface area contributed by atoms with Crippen LogP contribution >= 0.6 is 0 Å². The Morgan fingerprint density at radius 2 is 2.12 bits per heavy atom. The van der Waals surface area contributed by atoms with E-state index >= 15 is 0 Å². The number of amides is 1. The molecular weight excluding hydrogens is 330 g/mol. The molecule has 7 nitrogen and oxygen atoms in total. The number of H-pyrrole nitrogens is 1. The van der Waals surface area contributed by atoms with Gasteiger partial charge in [0.15, 0.2) is 0 Å². The average Bonchev–Trinajstić information content (AvgIpc) is 2.98. The molecule has 7 heteroatoms. The summed E-state index contributed by atoms with van der Waals surface area (Å²) in [6.07, 6.45) is 8.68. The molecule has 2 aromatic heterocycles. The maximum Gasteiger partial charge on any atom is 0.256 e. The zero-order chi connectivity index (χ0) is 19.1. The molecule has 0 saturated carbocycles. The van der Waals surface area contributed by atoms with E-state index in [4.69, 9.17) is 0 Å². The highest BCUT2D eigenvalue weighted by Gasteiger charge is 2.14. The topological polar surface area (TPSA) is 92.7 Å². The predicted octanol–water partition coefficient (Wildman–Crippen LogP) is 2.62. The number of aromatic nitrogens is 4. The van der Waals surface area contributed by atoms with Crippen LogP contribution in [0.25, 0.3) is 5.95 Å². The fraction of sp³-hybridized carbons (Fsp3) is 0.158. The molecule has 134 valence electrons. The molecule has 0 unspecified atom stereocenters. The number of aryl methyl sites for hydroxylation is 2. The number of allylic oxidation sites excluding steroid dienone is 4. The second-order valence-electron chi connectivity index (χ2n) is 5.40. The zero-order valence-corrected chi connectivity index (χ0v) is 14.8. The van der Waals surface area contributed by atoms with Crippen LogP contribution in [-0.2, 0) is 11.2 Å². The number of aromatic amines is 1. The standard InChI is InChI=1S/C19H21N5O2/c1-5-8-9-10-14(6-2)18(26)21-16-11-13(4)23-24(16)19-20-15(7-3)12-17(25)22-19/h5-6,8-12H,1-2,7H2,3-4H3,(H,21,26)(H,20,22,25)/b9-8-,14-10+. The van der Waals surface area contributed by atoms with E-state index in [1.807, 2.05) is 6.92 Å². The number of carbonyl (C=O) groups excluding carboxylic acids is 1. The SMILES string of the molecule is C=C/C=C\C=C(/C=C)C(=O)Nc1cc(C)nn1-c1nc(CC)cc(=O)[nH]1. The van der Waals surface area contributed by atoms with Crippen LogP contribution < -0.4 is 10.9 Å². The minimum atomic E-state index is -0.358. The second-order valence-corrected chi connectivity index (χ2v) is 5.40. The third-order valence-electron chi connectivity index (χ3n) is 3.42. The monoisotopic (exact) mass is 351 g/mol. The van der Waals surface area contributed by atoms with E-state index in [0.717, 1.165) is 0 Å². The molecule has 2 aromatic rings. The van der Waals surface area contributed by atoms with Crippen molar-refractivity contribution in [2.24, 2.45) is 0 Å². The highest BCUT2D eigenvalue weighted by atomic mass is 16.2. The van der Waals surface area contributed by atoms with E-state index in [1.54, 1.807) is 37.3 Å². The van der Waals surface area contributed by atoms with E-state index < -0.39 is 0 Å². The number of hydrogen-bond donors (Lipinski definition) is 2. The molecule has 2 heterocycles. The zero-order valence-electron chi connectivity index (χ0n) is 14.8. The molecule has 0 spiro atoms. The molecule has 0 radical (unpaired) electrons. The van der Waals surface area contributed by atoms with Crippen molar-refractivity contribution in [3.05, 3.63) is 83.0 Å². The first kappa shape index (κ1) is 18.9. The molecule has 2 rings (SSSR count). The Morgan fingerprint density at radius 1 is 1.35 bits per heavy atom. The van der Waals surface area contributed by atoms with E-state index in [2.05, 4.69) is 33.5 Å². The Labute approximate surface area is 151 Å². The summed E-state index contributed by atoms with van der Waals surface area (Å²) in [4.78, 5) is 31.3. The Morgan fingerprint density at radius 3 is 2.77 bits per heavy atom. The summed E-state index contributed by atoms with van der Waals surface area (Å²) in [6, 6.07) is 3.12. The van der Waals surface area contributed by atoms with Crippen LogP contribution in [0.2, 0.25) is 0 Å². The van der Waals surface area contributed by atoms with Gasteiger partial charge in [-0.3, -0.25) is 14.6 Å². The van der Waals surface area contributed by atoms with Gasteiger partial charge in [0.2, 0.25) is 5.95 Å². The summed E-state index contributed by atoms with van der Waals surface area (Å²) in [5, 5.41) is 7.07. The number of anilines is 1. The van der Waals surface area contributed by atoms with E-state index in [9.17, 15) is 9.59 Å². The van der Waals surface area contributed by atoms with Crippen LogP contribution in [0, 0.1) is 6.92 Å². The molecule has 2 N–H and O–H groups in total. The fourth-order valence-corrected chi connectivity index (χ4v) is 2.19. The van der Waals surface area contributed by atoms with Gasteiger partial charge in [-0.25, -0.2) is 4.98 Å². The molecule has 0 bridgehead atoms. The Hall–Kier alpha value is -3.48. The highest BCUT2D eigenvalue weighted by molar-refractivity contribution is 6.05. The lowest BCUT2D eigenvalue weighted by Crippen LogP contribution is -2.19. The van der Waals surface area contributed by atoms with Gasteiger partial charge < -0.3 is 5.32 Å². The van der Waals surface area contributed by atoms with Crippen LogP contribution in [0.3, 0.4) is 0 Å². The number of hydrogen-bond acceptors (Lipinski definition) is 4. The second kappa shape index (κ2) is 8.57. The number of nitrogens with one attached hydrogen (secondary N) is 2. The van der Waals surface area contributed by atoms with Crippen molar-refractivity contribution >= 4 is 11.7 Å². The van der Waals surface area contributed by atoms with Gasteiger partial charge in [-0.1, -0.05) is 44.4 Å². The smallest absolute Gasteiger partial charge is 0.256 e. The number of nitrogens with zero attached hydrogens (tertiary/aromatic N) is 3. The first-order valence-corrected chi connectivity index (χ1v) is 8.09. The van der Waals surface area contributed by atoms with Crippen LogP contribution in [0.1, 0.15) is 18.3 Å². The van der Waals surface area contributed by atoms with Crippen molar-refractivity contribution in [3.8, 4) is 5.95 Å². The van der Waals surface area contributed by atoms with Gasteiger partial charge in [0.05, 0.1) is 5.69 Å². The van der Waals surface area contributed by atoms with Crippen molar-refractivity contribution in [2.45, 2.75) is 20.3 Å². The largest absolute Gasteiger partial charge is 0.306 e. The van der Waals surface area contributed by atoms with Crippen LogP contribution in [0.4, 0.5) is 5.82 Å². The summed E-state index contributed by atoms with van der Waals surface area (Å²) < 4.78 is 1.40. The van der Waals surface area contributed by atoms with Gasteiger partial charge in [-0.05, 0) is 19.4 Å². The van der Waals surface area contributed by atoms with Gasteiger partial charge in [-0.2, -0.15) is 9.78 Å². The van der Waals surface area contributed by atoms with Gasteiger partial charge >= 0.3 is 0 Å². The molecule has 0 aromatic carbocycles. The van der Waals surface area contributed by atoms with Crippen molar-refractivity contribution in [1.82, 2.24) is 19.7 Å². The minimum absolute atomic E-state index is 0.244. The van der Waals surface area contributed by atoms with Crippen LogP contribution in [-0.4, -0.2) is 25.7 Å². The summed E-state index contributed by atoms with van der Waals surface area (Å²) in [6.45, 7) is 10.9. The predicted molar refractivity (Wildman–Crippen MR) is 102 cm³/mol. The molecule has 0 fully saturated rings. The van der Waals surface area contributed by atoms with Gasteiger partial charge in [0, 0.05) is 23.4 Å². The van der Waals surface area contributed by atoms with Gasteiger partial charge in [0.25, 0.3) is 11.5 Å². The summed E-state index contributed by atoms with van der Waals surface area (Å²) in [5.41, 5.74) is 1.40. The average molecular weight is 351 g/mol. The van der Waals surface area contributed by atoms with Crippen molar-refractivity contribution in [2.75, 3.05) is 5.32 Å². The quantitative estimate of drug-likeness (QED) is 0.592. The molecule has 0 atom stereocenters. The lowest BCUT2D eigenvalue weighted by atomic mass is 10.2. The fourth-order valence-electron chi connectivity index (χ4n) is 2.19. The van der Waals surface area contributed by atoms with Crippen LogP contribution in [0.5, 0.6) is 0 Å². The lowest BCUT2D eigenvalue weighted by Gasteiger charge is -2.09. The third-order valence-corrected chi connectivity index (χ3v) is 3.42. The van der Waals surface area contributed by atoms with Gasteiger partial charge in [0.1, 0.15) is 5.82 Å². The first-order valence-electron chi connectivity index (χ1n) is 8.09. The van der Waals surface area contributed by atoms with E-state index in [1.165, 1.54) is 16.8 Å². The molecule has 26 heavy (non-hydrogen) atoms. The molecule has 0 saturated heterocycles. The molecule has 0 aliphatic heterocycles. The maximum atomic E-state index is 12.5. The van der Waals surface area contributed by atoms with Gasteiger partial charge in [-0.15, -0.1) is 0 Å². The van der Waals surface area contributed by atoms with E-state index in [0.29, 0.717) is 29.2 Å². The van der Waals surface area contributed by atoms with E-state index in [-0.39, 0.29) is 17.4 Å². The summed E-state index contributed by atoms with van der Waals surface area (Å²) >= 11 is 0. The van der Waals surface area contributed by atoms with Crippen molar-refractivity contribution in [3.63, 3.8) is 0 Å². The Bertz CT molecular complexity index is 947.